The van der Waals surface area contributed by atoms with Gasteiger partial charge < -0.3 is 10.2 Å². The molecule has 1 unspecified atom stereocenters. The number of nitrogens with one attached hydrogen (secondary N) is 1. The number of carboxylic acids is 1. The highest BCUT2D eigenvalue weighted by atomic mass is 19.4. The number of aliphatic hydroxyl groups is 1. The second-order valence-corrected chi connectivity index (χ2v) is 2.55. The van der Waals surface area contributed by atoms with Crippen LogP contribution in [-0.2, 0) is 4.79 Å². The van der Waals surface area contributed by atoms with Crippen LogP contribution >= 0.6 is 0 Å². The van der Waals surface area contributed by atoms with Crippen molar-refractivity contribution < 1.29 is 28.2 Å². The van der Waals surface area contributed by atoms with Gasteiger partial charge >= 0.3 is 12.1 Å². The molecule has 0 amide bonds. The second kappa shape index (κ2) is 4.43. The summed E-state index contributed by atoms with van der Waals surface area (Å²) in [7, 11) is 0. The fourth-order valence-electron chi connectivity index (χ4n) is 0.690. The molecular weight excluding hydrogens is 191 g/mol. The molecular formula is C6H10F3NO3. The van der Waals surface area contributed by atoms with Gasteiger partial charge in [-0.15, -0.1) is 0 Å². The molecule has 0 saturated heterocycles. The highest BCUT2D eigenvalue weighted by Gasteiger charge is 2.31. The van der Waals surface area contributed by atoms with Gasteiger partial charge in [-0.2, -0.15) is 13.2 Å². The van der Waals surface area contributed by atoms with E-state index < -0.39 is 30.8 Å². The van der Waals surface area contributed by atoms with Gasteiger partial charge in [-0.05, 0) is 6.92 Å². The second-order valence-electron chi connectivity index (χ2n) is 2.55. The lowest BCUT2D eigenvalue weighted by Gasteiger charge is -2.17. The van der Waals surface area contributed by atoms with E-state index in [0.29, 0.717) is 0 Å². The summed E-state index contributed by atoms with van der Waals surface area (Å²) in [6, 6.07) is -1.60. The first-order valence-electron chi connectivity index (χ1n) is 3.45. The molecule has 0 fully saturated rings. The van der Waals surface area contributed by atoms with Crippen LogP contribution in [0, 0.1) is 0 Å². The quantitative estimate of drug-likeness (QED) is 0.597. The van der Waals surface area contributed by atoms with Crippen LogP contribution in [0.4, 0.5) is 13.2 Å². The van der Waals surface area contributed by atoms with Crippen molar-refractivity contribution in [1.29, 1.82) is 0 Å². The molecule has 0 saturated carbocycles. The molecule has 0 spiro atoms. The Morgan fingerprint density at radius 2 is 2.00 bits per heavy atom. The number of alkyl halides is 3. The summed E-state index contributed by atoms with van der Waals surface area (Å²) in [6.45, 7) is -0.336. The summed E-state index contributed by atoms with van der Waals surface area (Å²) in [4.78, 5) is 10.3. The van der Waals surface area contributed by atoms with E-state index in [9.17, 15) is 18.0 Å². The molecule has 0 heterocycles. The number of aliphatic carboxylic acids is 1. The summed E-state index contributed by atoms with van der Waals surface area (Å²) >= 11 is 0. The topological polar surface area (TPSA) is 69.6 Å². The number of hydrogen-bond donors (Lipinski definition) is 3. The Bertz CT molecular complexity index is 180. The zero-order valence-electron chi connectivity index (χ0n) is 6.80. The minimum absolute atomic E-state index is 1.10. The zero-order chi connectivity index (χ0) is 10.6. The van der Waals surface area contributed by atoms with Crippen molar-refractivity contribution in [3.8, 4) is 0 Å². The Morgan fingerprint density at radius 1 is 1.54 bits per heavy atom. The molecule has 0 aromatic rings. The predicted molar refractivity (Wildman–Crippen MR) is 37.2 cm³/mol. The largest absolute Gasteiger partial charge is 0.480 e. The fourth-order valence-corrected chi connectivity index (χ4v) is 0.690. The van der Waals surface area contributed by atoms with Gasteiger partial charge in [0.05, 0.1) is 12.6 Å². The first kappa shape index (κ1) is 12.2. The van der Waals surface area contributed by atoms with Crippen LogP contribution < -0.4 is 5.32 Å². The summed E-state index contributed by atoms with van der Waals surface area (Å²) < 4.78 is 34.8. The van der Waals surface area contributed by atoms with Crippen molar-refractivity contribution in [3.05, 3.63) is 0 Å². The normalized spacial score (nSPS) is 16.7. The van der Waals surface area contributed by atoms with Gasteiger partial charge in [0.2, 0.25) is 0 Å². The minimum Gasteiger partial charge on any atom is -0.480 e. The minimum atomic E-state index is -4.48. The van der Waals surface area contributed by atoms with Crippen LogP contribution in [0.1, 0.15) is 6.92 Å². The Hall–Kier alpha value is -0.820. The van der Waals surface area contributed by atoms with Crippen molar-refractivity contribution in [2.45, 2.75) is 25.2 Å². The molecule has 0 aromatic heterocycles. The van der Waals surface area contributed by atoms with Gasteiger partial charge in [0, 0.05) is 0 Å². The van der Waals surface area contributed by atoms with Crippen molar-refractivity contribution in [2.75, 3.05) is 6.54 Å². The summed E-state index contributed by atoms with van der Waals surface area (Å²) in [5.41, 5.74) is 0. The molecule has 78 valence electrons. The van der Waals surface area contributed by atoms with Gasteiger partial charge in [-0.25, -0.2) is 0 Å². The van der Waals surface area contributed by atoms with E-state index in [0.717, 1.165) is 6.92 Å². The lowest BCUT2D eigenvalue weighted by Crippen LogP contribution is -2.48. The Labute approximate surface area is 72.4 Å². The SMILES string of the molecule is CC(O)[C@H](NCC(F)(F)F)C(=O)O. The molecule has 0 aromatic carbocycles. The van der Waals surface area contributed by atoms with Crippen LogP contribution in [-0.4, -0.2) is 41.0 Å². The molecule has 0 rings (SSSR count). The van der Waals surface area contributed by atoms with Gasteiger partial charge in [0.25, 0.3) is 0 Å². The van der Waals surface area contributed by atoms with Crippen LogP contribution in [0.25, 0.3) is 0 Å². The average Bonchev–Trinajstić information content (AvgIpc) is 1.82. The third-order valence-corrected chi connectivity index (χ3v) is 1.27. The first-order chi connectivity index (χ1) is 5.74. The molecule has 13 heavy (non-hydrogen) atoms. The van der Waals surface area contributed by atoms with E-state index in [1.54, 1.807) is 5.32 Å². The van der Waals surface area contributed by atoms with Crippen LogP contribution in [0.2, 0.25) is 0 Å². The summed E-state index contributed by atoms with van der Waals surface area (Å²) in [6.07, 6.45) is -5.86. The number of hydrogen-bond acceptors (Lipinski definition) is 3. The van der Waals surface area contributed by atoms with Crippen molar-refractivity contribution in [1.82, 2.24) is 5.32 Å². The maximum atomic E-state index is 11.6. The van der Waals surface area contributed by atoms with E-state index in [-0.39, 0.29) is 0 Å². The van der Waals surface area contributed by atoms with Crippen molar-refractivity contribution in [3.63, 3.8) is 0 Å². The van der Waals surface area contributed by atoms with Gasteiger partial charge in [-0.3, -0.25) is 10.1 Å². The molecule has 3 N–H and O–H groups in total. The smallest absolute Gasteiger partial charge is 0.401 e. The number of carboxylic acid groups (broad SMARTS) is 1. The number of carbonyl (C=O) groups is 1. The first-order valence-corrected chi connectivity index (χ1v) is 3.45. The van der Waals surface area contributed by atoms with E-state index >= 15 is 0 Å². The molecule has 0 aliphatic carbocycles. The van der Waals surface area contributed by atoms with Crippen LogP contribution in [0.15, 0.2) is 0 Å². The van der Waals surface area contributed by atoms with E-state index in [1.165, 1.54) is 0 Å². The maximum Gasteiger partial charge on any atom is 0.401 e. The van der Waals surface area contributed by atoms with Crippen molar-refractivity contribution >= 4 is 5.97 Å². The standard InChI is InChI=1S/C6H10F3NO3/c1-3(11)4(5(12)13)10-2-6(7,8)9/h3-4,10-11H,2H2,1H3,(H,12,13)/t3?,4-/m0/s1. The van der Waals surface area contributed by atoms with Gasteiger partial charge in [0.15, 0.2) is 0 Å². The molecule has 2 atom stereocenters. The zero-order valence-corrected chi connectivity index (χ0v) is 6.80. The molecule has 0 bridgehead atoms. The Kier molecular flexibility index (Phi) is 4.15. The monoisotopic (exact) mass is 201 g/mol. The molecule has 0 radical (unpaired) electrons. The Morgan fingerprint density at radius 3 is 2.23 bits per heavy atom. The average molecular weight is 201 g/mol. The van der Waals surface area contributed by atoms with Crippen molar-refractivity contribution in [2.24, 2.45) is 0 Å². The molecule has 0 aliphatic rings. The van der Waals surface area contributed by atoms with E-state index in [2.05, 4.69) is 0 Å². The van der Waals surface area contributed by atoms with Gasteiger partial charge in [-0.1, -0.05) is 0 Å². The molecule has 7 heteroatoms. The fraction of sp³-hybridized carbons (Fsp3) is 0.833. The van der Waals surface area contributed by atoms with Crippen LogP contribution in [0.3, 0.4) is 0 Å². The third-order valence-electron chi connectivity index (χ3n) is 1.27. The lowest BCUT2D eigenvalue weighted by atomic mass is 10.2. The van der Waals surface area contributed by atoms with E-state index in [1.807, 2.05) is 0 Å². The predicted octanol–water partition coefficient (Wildman–Crippen LogP) is -0.0277. The maximum absolute atomic E-state index is 11.6. The number of halogens is 3. The summed E-state index contributed by atoms with van der Waals surface area (Å²) in [5, 5.41) is 18.8. The lowest BCUT2D eigenvalue weighted by molar-refractivity contribution is -0.146. The van der Waals surface area contributed by atoms with Gasteiger partial charge in [0.1, 0.15) is 6.04 Å². The number of aliphatic hydroxyl groups excluding tert-OH is 1. The highest BCUT2D eigenvalue weighted by molar-refractivity contribution is 5.74. The number of rotatable bonds is 4. The molecule has 4 nitrogen and oxygen atoms in total. The van der Waals surface area contributed by atoms with Crippen LogP contribution in [0.5, 0.6) is 0 Å². The Balaban J connectivity index is 4.06. The van der Waals surface area contributed by atoms with E-state index in [4.69, 9.17) is 10.2 Å². The molecule has 0 aliphatic heterocycles. The third kappa shape index (κ3) is 5.42. The highest BCUT2D eigenvalue weighted by Crippen LogP contribution is 2.12. The summed E-state index contributed by atoms with van der Waals surface area (Å²) in [5.74, 6) is -1.51.